The molecule has 44 valence electrons. The van der Waals surface area contributed by atoms with Crippen LogP contribution in [0, 0.1) is 6.92 Å². The molecule has 0 aliphatic heterocycles. The Balaban J connectivity index is 3.14. The zero-order valence-corrected chi connectivity index (χ0v) is 8.10. The maximum atomic E-state index is 4.06. The molecule has 0 aromatic carbocycles. The standard InChI is InChI=1S/C4H3Br2NS/c1-2-3(5)7-4(6)8-2/h1H3. The average Bonchev–Trinajstić information content (AvgIpc) is 1.85. The molecule has 1 aromatic heterocycles. The summed E-state index contributed by atoms with van der Waals surface area (Å²) < 4.78 is 1.87. The maximum Gasteiger partial charge on any atom is 0.160 e. The first-order chi connectivity index (χ1) is 3.70. The highest BCUT2D eigenvalue weighted by Gasteiger charge is 1.98. The van der Waals surface area contributed by atoms with Gasteiger partial charge in [0.1, 0.15) is 4.60 Å². The fourth-order valence-corrected chi connectivity index (χ4v) is 2.55. The summed E-state index contributed by atoms with van der Waals surface area (Å²) in [4.78, 5) is 5.27. The third-order valence-electron chi connectivity index (χ3n) is 0.714. The highest BCUT2D eigenvalue weighted by molar-refractivity contribution is 9.11. The Kier molecular flexibility index (Phi) is 2.06. The van der Waals surface area contributed by atoms with Crippen molar-refractivity contribution in [3.8, 4) is 0 Å². The third-order valence-corrected chi connectivity index (χ3v) is 3.17. The van der Waals surface area contributed by atoms with Crippen molar-refractivity contribution >= 4 is 43.2 Å². The minimum Gasteiger partial charge on any atom is -0.222 e. The number of aromatic nitrogens is 1. The van der Waals surface area contributed by atoms with Crippen molar-refractivity contribution in [2.24, 2.45) is 0 Å². The van der Waals surface area contributed by atoms with E-state index >= 15 is 0 Å². The third kappa shape index (κ3) is 1.30. The van der Waals surface area contributed by atoms with Crippen LogP contribution in [0.3, 0.4) is 0 Å². The molecule has 1 nitrogen and oxygen atoms in total. The Bertz CT molecular complexity index is 176. The maximum absolute atomic E-state index is 4.06. The van der Waals surface area contributed by atoms with Crippen LogP contribution >= 0.6 is 43.2 Å². The highest BCUT2D eigenvalue weighted by atomic mass is 79.9. The summed E-state index contributed by atoms with van der Waals surface area (Å²) in [6.45, 7) is 2.02. The van der Waals surface area contributed by atoms with E-state index in [1.165, 1.54) is 4.88 Å². The predicted octanol–water partition coefficient (Wildman–Crippen LogP) is 2.98. The van der Waals surface area contributed by atoms with Crippen molar-refractivity contribution < 1.29 is 0 Å². The predicted molar refractivity (Wildman–Crippen MR) is 42.3 cm³/mol. The van der Waals surface area contributed by atoms with Crippen molar-refractivity contribution in [3.05, 3.63) is 13.4 Å². The largest absolute Gasteiger partial charge is 0.222 e. The van der Waals surface area contributed by atoms with Gasteiger partial charge in [-0.3, -0.25) is 0 Å². The van der Waals surface area contributed by atoms with E-state index in [9.17, 15) is 0 Å². The molecule has 1 heterocycles. The highest BCUT2D eigenvalue weighted by Crippen LogP contribution is 2.25. The molecular formula is C4H3Br2NS. The molecule has 1 rings (SSSR count). The molecule has 8 heavy (non-hydrogen) atoms. The molecule has 0 atom stereocenters. The number of hydrogen-bond donors (Lipinski definition) is 0. The fourth-order valence-electron chi connectivity index (χ4n) is 0.347. The average molecular weight is 257 g/mol. The zero-order chi connectivity index (χ0) is 6.15. The van der Waals surface area contributed by atoms with Gasteiger partial charge in [0.05, 0.1) is 0 Å². The minimum absolute atomic E-state index is 0.932. The number of aryl methyl sites for hydroxylation is 1. The van der Waals surface area contributed by atoms with Gasteiger partial charge in [0.25, 0.3) is 0 Å². The van der Waals surface area contributed by atoms with Crippen LogP contribution in [0.1, 0.15) is 4.88 Å². The van der Waals surface area contributed by atoms with E-state index in [0.717, 1.165) is 8.52 Å². The van der Waals surface area contributed by atoms with Gasteiger partial charge in [-0.1, -0.05) is 0 Å². The summed E-state index contributed by atoms with van der Waals surface area (Å²) in [5.41, 5.74) is 0. The molecule has 0 saturated heterocycles. The molecule has 0 aliphatic rings. The van der Waals surface area contributed by atoms with E-state index in [1.807, 2.05) is 6.92 Å². The second-order valence-corrected chi connectivity index (χ2v) is 4.54. The van der Waals surface area contributed by atoms with Crippen molar-refractivity contribution in [3.63, 3.8) is 0 Å². The monoisotopic (exact) mass is 255 g/mol. The lowest BCUT2D eigenvalue weighted by Crippen LogP contribution is -1.61. The van der Waals surface area contributed by atoms with Gasteiger partial charge in [-0.15, -0.1) is 11.3 Å². The minimum atomic E-state index is 0.932. The van der Waals surface area contributed by atoms with Gasteiger partial charge in [0, 0.05) is 4.88 Å². The van der Waals surface area contributed by atoms with Crippen LogP contribution < -0.4 is 0 Å². The molecule has 4 heteroatoms. The van der Waals surface area contributed by atoms with Crippen LogP contribution in [0.15, 0.2) is 8.52 Å². The van der Waals surface area contributed by atoms with Crippen molar-refractivity contribution in [1.82, 2.24) is 4.98 Å². The molecule has 0 amide bonds. The van der Waals surface area contributed by atoms with Crippen molar-refractivity contribution in [1.29, 1.82) is 0 Å². The van der Waals surface area contributed by atoms with Gasteiger partial charge >= 0.3 is 0 Å². The second kappa shape index (κ2) is 2.45. The molecule has 0 bridgehead atoms. The van der Waals surface area contributed by atoms with Gasteiger partial charge in [-0.2, -0.15) is 0 Å². The SMILES string of the molecule is Cc1sc(Br)nc1Br. The smallest absolute Gasteiger partial charge is 0.160 e. The molecule has 1 aromatic rings. The Labute approximate surface area is 68.4 Å². The summed E-state index contributed by atoms with van der Waals surface area (Å²) >= 11 is 8.17. The van der Waals surface area contributed by atoms with Gasteiger partial charge < -0.3 is 0 Å². The van der Waals surface area contributed by atoms with Crippen LogP contribution in [0.5, 0.6) is 0 Å². The first-order valence-corrected chi connectivity index (χ1v) is 4.39. The summed E-state index contributed by atoms with van der Waals surface area (Å²) in [6, 6.07) is 0. The molecular weight excluding hydrogens is 254 g/mol. The second-order valence-electron chi connectivity index (χ2n) is 1.31. The number of thiazole rings is 1. The van der Waals surface area contributed by atoms with Crippen LogP contribution in [0.4, 0.5) is 0 Å². The van der Waals surface area contributed by atoms with Crippen molar-refractivity contribution in [2.75, 3.05) is 0 Å². The first-order valence-electron chi connectivity index (χ1n) is 1.98. The van der Waals surface area contributed by atoms with Crippen LogP contribution in [0.25, 0.3) is 0 Å². The van der Waals surface area contributed by atoms with Gasteiger partial charge in [0.15, 0.2) is 3.92 Å². The van der Waals surface area contributed by atoms with E-state index in [1.54, 1.807) is 11.3 Å². The summed E-state index contributed by atoms with van der Waals surface area (Å²) in [5, 5.41) is 0. The van der Waals surface area contributed by atoms with Gasteiger partial charge in [-0.05, 0) is 38.8 Å². The molecule has 0 aliphatic carbocycles. The summed E-state index contributed by atoms with van der Waals surface area (Å²) in [7, 11) is 0. The Morgan fingerprint density at radius 2 is 2.12 bits per heavy atom. The number of hydrogen-bond acceptors (Lipinski definition) is 2. The van der Waals surface area contributed by atoms with Crippen LogP contribution in [0.2, 0.25) is 0 Å². The van der Waals surface area contributed by atoms with Gasteiger partial charge in [-0.25, -0.2) is 4.98 Å². The normalized spacial score (nSPS) is 9.88. The lowest BCUT2D eigenvalue weighted by atomic mass is 10.7. The van der Waals surface area contributed by atoms with E-state index < -0.39 is 0 Å². The molecule has 0 spiro atoms. The molecule has 0 fully saturated rings. The summed E-state index contributed by atoms with van der Waals surface area (Å²) in [5.74, 6) is 0. The lowest BCUT2D eigenvalue weighted by molar-refractivity contribution is 1.29. The zero-order valence-electron chi connectivity index (χ0n) is 4.11. The Morgan fingerprint density at radius 1 is 1.50 bits per heavy atom. The van der Waals surface area contributed by atoms with Crippen LogP contribution in [-0.4, -0.2) is 4.98 Å². The van der Waals surface area contributed by atoms with Crippen LogP contribution in [-0.2, 0) is 0 Å². The van der Waals surface area contributed by atoms with Gasteiger partial charge in [0.2, 0.25) is 0 Å². The van der Waals surface area contributed by atoms with E-state index in [2.05, 4.69) is 36.8 Å². The quantitative estimate of drug-likeness (QED) is 0.696. The number of nitrogens with zero attached hydrogens (tertiary/aromatic N) is 1. The molecule has 0 unspecified atom stereocenters. The Morgan fingerprint density at radius 3 is 2.25 bits per heavy atom. The van der Waals surface area contributed by atoms with E-state index in [-0.39, 0.29) is 0 Å². The number of halogens is 2. The van der Waals surface area contributed by atoms with E-state index in [4.69, 9.17) is 0 Å². The topological polar surface area (TPSA) is 12.9 Å². The fraction of sp³-hybridized carbons (Fsp3) is 0.250. The first kappa shape index (κ1) is 6.71. The summed E-state index contributed by atoms with van der Waals surface area (Å²) in [6.07, 6.45) is 0. The Hall–Kier alpha value is 0.590. The molecule has 0 saturated carbocycles. The van der Waals surface area contributed by atoms with Crippen molar-refractivity contribution in [2.45, 2.75) is 6.92 Å². The molecule has 0 N–H and O–H groups in total. The molecule has 0 radical (unpaired) electrons. The number of rotatable bonds is 0. The lowest BCUT2D eigenvalue weighted by Gasteiger charge is -1.74. The van der Waals surface area contributed by atoms with E-state index in [0.29, 0.717) is 0 Å².